The minimum absolute atomic E-state index is 0.00104. The first-order chi connectivity index (χ1) is 14.4. The quantitative estimate of drug-likeness (QED) is 0.799. The molecule has 0 radical (unpaired) electrons. The van der Waals surface area contributed by atoms with Crippen LogP contribution >= 0.6 is 0 Å². The second-order valence-corrected chi connectivity index (χ2v) is 8.15. The van der Waals surface area contributed by atoms with E-state index in [1.165, 1.54) is 5.56 Å². The number of carbonyl (C=O) groups excluding carboxylic acids is 2. The van der Waals surface area contributed by atoms with E-state index in [1.54, 1.807) is 19.0 Å². The number of rotatable bonds is 6. The minimum atomic E-state index is -0.285. The van der Waals surface area contributed by atoms with Crippen molar-refractivity contribution >= 4 is 17.5 Å². The number of carbonyl (C=O) groups is 2. The van der Waals surface area contributed by atoms with Crippen molar-refractivity contribution in [1.29, 1.82) is 0 Å². The summed E-state index contributed by atoms with van der Waals surface area (Å²) in [6.45, 7) is 7.43. The number of benzene rings is 2. The van der Waals surface area contributed by atoms with Gasteiger partial charge in [-0.25, -0.2) is 0 Å². The van der Waals surface area contributed by atoms with Gasteiger partial charge in [0, 0.05) is 46.0 Å². The van der Waals surface area contributed by atoms with E-state index in [2.05, 4.69) is 15.1 Å². The first kappa shape index (κ1) is 22.0. The molecule has 1 saturated heterocycles. The van der Waals surface area contributed by atoms with Gasteiger partial charge in [0.15, 0.2) is 0 Å². The maximum atomic E-state index is 12.9. The average molecular weight is 409 g/mol. The fourth-order valence-electron chi connectivity index (χ4n) is 3.85. The van der Waals surface area contributed by atoms with Crippen molar-refractivity contribution in [3.05, 3.63) is 65.2 Å². The topological polar surface area (TPSA) is 55.9 Å². The van der Waals surface area contributed by atoms with Crippen molar-refractivity contribution < 1.29 is 9.59 Å². The number of hydrogen-bond acceptors (Lipinski definition) is 4. The van der Waals surface area contributed by atoms with Gasteiger partial charge in [0.2, 0.25) is 11.8 Å². The third-order valence-electron chi connectivity index (χ3n) is 5.81. The summed E-state index contributed by atoms with van der Waals surface area (Å²) in [5.41, 5.74) is 4.15. The number of aryl methyl sites for hydroxylation is 1. The van der Waals surface area contributed by atoms with Crippen LogP contribution in [0.5, 0.6) is 0 Å². The van der Waals surface area contributed by atoms with Crippen LogP contribution < -0.4 is 5.32 Å². The zero-order valence-electron chi connectivity index (χ0n) is 18.4. The number of likely N-dealkylation sites (N-methyl/N-ethyl adjacent to an activating group) is 1. The highest BCUT2D eigenvalue weighted by atomic mass is 16.2. The SMILES string of the molecule is Cc1cccc(NC(=O)CN2CCN([C@H](C(=O)N(C)C)c3ccccc3)CC2)c1C. The molecule has 0 bridgehead atoms. The molecule has 1 aliphatic rings. The number of hydrogen-bond donors (Lipinski definition) is 1. The zero-order chi connectivity index (χ0) is 21.7. The Morgan fingerprint density at radius 2 is 1.63 bits per heavy atom. The van der Waals surface area contributed by atoms with E-state index in [0.717, 1.165) is 43.0 Å². The third kappa shape index (κ3) is 5.26. The second kappa shape index (κ2) is 9.87. The Kier molecular flexibility index (Phi) is 7.24. The summed E-state index contributed by atoms with van der Waals surface area (Å²) in [6.07, 6.45) is 0. The van der Waals surface area contributed by atoms with Crippen molar-refractivity contribution in [1.82, 2.24) is 14.7 Å². The molecular weight excluding hydrogens is 376 g/mol. The van der Waals surface area contributed by atoms with E-state index < -0.39 is 0 Å². The van der Waals surface area contributed by atoms with Crippen molar-refractivity contribution in [3.63, 3.8) is 0 Å². The van der Waals surface area contributed by atoms with Crippen LogP contribution in [0.3, 0.4) is 0 Å². The smallest absolute Gasteiger partial charge is 0.244 e. The molecule has 2 aromatic carbocycles. The van der Waals surface area contributed by atoms with E-state index in [0.29, 0.717) is 6.54 Å². The Balaban J connectivity index is 1.59. The first-order valence-electron chi connectivity index (χ1n) is 10.5. The lowest BCUT2D eigenvalue weighted by Gasteiger charge is -2.39. The van der Waals surface area contributed by atoms with Crippen LogP contribution in [-0.4, -0.2) is 73.3 Å². The van der Waals surface area contributed by atoms with Gasteiger partial charge in [0.25, 0.3) is 0 Å². The van der Waals surface area contributed by atoms with Crippen molar-refractivity contribution in [3.8, 4) is 0 Å². The molecule has 3 rings (SSSR count). The summed E-state index contributed by atoms with van der Waals surface area (Å²) in [5.74, 6) is 0.0865. The molecule has 6 nitrogen and oxygen atoms in total. The van der Waals surface area contributed by atoms with E-state index >= 15 is 0 Å². The lowest BCUT2D eigenvalue weighted by molar-refractivity contribution is -0.135. The normalized spacial score (nSPS) is 16.1. The van der Waals surface area contributed by atoms with Crippen molar-refractivity contribution in [2.75, 3.05) is 52.1 Å². The largest absolute Gasteiger partial charge is 0.347 e. The number of nitrogens with zero attached hydrogens (tertiary/aromatic N) is 3. The van der Waals surface area contributed by atoms with Gasteiger partial charge in [-0.15, -0.1) is 0 Å². The molecule has 160 valence electrons. The van der Waals surface area contributed by atoms with E-state index in [9.17, 15) is 9.59 Å². The lowest BCUT2D eigenvalue weighted by Crippen LogP contribution is -2.52. The molecule has 1 aliphatic heterocycles. The molecule has 30 heavy (non-hydrogen) atoms. The molecule has 0 saturated carbocycles. The monoisotopic (exact) mass is 408 g/mol. The average Bonchev–Trinajstić information content (AvgIpc) is 2.73. The Bertz CT molecular complexity index is 874. The predicted molar refractivity (Wildman–Crippen MR) is 120 cm³/mol. The summed E-state index contributed by atoms with van der Waals surface area (Å²) < 4.78 is 0. The molecule has 1 fully saturated rings. The fourth-order valence-corrected chi connectivity index (χ4v) is 3.85. The van der Waals surface area contributed by atoms with Gasteiger partial charge in [0.05, 0.1) is 6.54 Å². The molecule has 6 heteroatoms. The molecule has 2 aromatic rings. The maximum Gasteiger partial charge on any atom is 0.244 e. The van der Waals surface area contributed by atoms with Crippen LogP contribution in [0.1, 0.15) is 22.7 Å². The summed E-state index contributed by atoms with van der Waals surface area (Å²) in [4.78, 5) is 31.4. The zero-order valence-corrected chi connectivity index (χ0v) is 18.4. The van der Waals surface area contributed by atoms with Crippen LogP contribution in [0, 0.1) is 13.8 Å². The first-order valence-corrected chi connectivity index (χ1v) is 10.5. The van der Waals surface area contributed by atoms with E-state index in [1.807, 2.05) is 62.4 Å². The highest BCUT2D eigenvalue weighted by Gasteiger charge is 2.31. The predicted octanol–water partition coefficient (Wildman–Crippen LogP) is 2.69. The van der Waals surface area contributed by atoms with E-state index in [4.69, 9.17) is 0 Å². The van der Waals surface area contributed by atoms with Crippen LogP contribution in [0.15, 0.2) is 48.5 Å². The molecule has 0 unspecified atom stereocenters. The highest BCUT2D eigenvalue weighted by Crippen LogP contribution is 2.24. The molecule has 1 atom stereocenters. The Morgan fingerprint density at radius 1 is 0.967 bits per heavy atom. The van der Waals surface area contributed by atoms with Gasteiger partial charge in [-0.3, -0.25) is 19.4 Å². The molecule has 0 aromatic heterocycles. The Morgan fingerprint density at radius 3 is 2.27 bits per heavy atom. The molecule has 0 aliphatic carbocycles. The number of piperazine rings is 1. The third-order valence-corrected chi connectivity index (χ3v) is 5.81. The van der Waals surface area contributed by atoms with Crippen LogP contribution in [0.25, 0.3) is 0 Å². The standard InChI is InChI=1S/C24H32N4O2/c1-18-9-8-12-21(19(18)2)25-22(29)17-27-13-15-28(16-14-27)23(24(30)26(3)4)20-10-6-5-7-11-20/h5-12,23H,13-17H2,1-4H3,(H,25,29)/t23-/m0/s1. The van der Waals surface area contributed by atoms with Gasteiger partial charge < -0.3 is 10.2 Å². The maximum absolute atomic E-state index is 12.9. The summed E-state index contributed by atoms with van der Waals surface area (Å²) in [7, 11) is 3.60. The van der Waals surface area contributed by atoms with Crippen LogP contribution in [-0.2, 0) is 9.59 Å². The minimum Gasteiger partial charge on any atom is -0.347 e. The fraction of sp³-hybridized carbons (Fsp3) is 0.417. The molecule has 1 N–H and O–H groups in total. The van der Waals surface area contributed by atoms with Crippen molar-refractivity contribution in [2.45, 2.75) is 19.9 Å². The second-order valence-electron chi connectivity index (χ2n) is 8.15. The Labute approximate surface area is 179 Å². The lowest BCUT2D eigenvalue weighted by atomic mass is 10.0. The molecule has 0 spiro atoms. The van der Waals surface area contributed by atoms with Gasteiger partial charge in [-0.2, -0.15) is 0 Å². The highest BCUT2D eigenvalue weighted by molar-refractivity contribution is 5.93. The Hall–Kier alpha value is -2.70. The van der Waals surface area contributed by atoms with Crippen LogP contribution in [0.2, 0.25) is 0 Å². The number of nitrogens with one attached hydrogen (secondary N) is 1. The van der Waals surface area contributed by atoms with Gasteiger partial charge in [-0.05, 0) is 36.6 Å². The van der Waals surface area contributed by atoms with Crippen molar-refractivity contribution in [2.24, 2.45) is 0 Å². The summed E-state index contributed by atoms with van der Waals surface area (Å²) in [5, 5.41) is 3.04. The number of amides is 2. The van der Waals surface area contributed by atoms with Gasteiger partial charge in [0.1, 0.15) is 6.04 Å². The number of anilines is 1. The molecule has 1 heterocycles. The van der Waals surface area contributed by atoms with Gasteiger partial charge in [-0.1, -0.05) is 42.5 Å². The van der Waals surface area contributed by atoms with Crippen LogP contribution in [0.4, 0.5) is 5.69 Å². The summed E-state index contributed by atoms with van der Waals surface area (Å²) in [6, 6.07) is 15.6. The molecular formula is C24H32N4O2. The summed E-state index contributed by atoms with van der Waals surface area (Å²) >= 11 is 0. The van der Waals surface area contributed by atoms with E-state index in [-0.39, 0.29) is 17.9 Å². The van der Waals surface area contributed by atoms with Gasteiger partial charge >= 0.3 is 0 Å². The molecule has 2 amide bonds.